The molecule has 3 aromatic heterocycles. The Balaban J connectivity index is 1.51. The van der Waals surface area contributed by atoms with Crippen molar-refractivity contribution in [2.75, 3.05) is 10.6 Å². The van der Waals surface area contributed by atoms with E-state index in [0.29, 0.717) is 62.4 Å². The number of benzene rings is 4. The number of carbonyl (C=O) groups is 1. The summed E-state index contributed by atoms with van der Waals surface area (Å²) >= 11 is 0. The van der Waals surface area contributed by atoms with Crippen molar-refractivity contribution in [3.63, 3.8) is 0 Å². The highest BCUT2D eigenvalue weighted by Gasteiger charge is 2.31. The third-order valence-electron chi connectivity index (χ3n) is 9.73. The van der Waals surface area contributed by atoms with Gasteiger partial charge in [0.2, 0.25) is 0 Å². The van der Waals surface area contributed by atoms with Gasteiger partial charge >= 0.3 is 6.09 Å². The Bertz CT molecular complexity index is 2780. The van der Waals surface area contributed by atoms with Crippen LogP contribution in [0.2, 0.25) is 0 Å². The van der Waals surface area contributed by atoms with Gasteiger partial charge in [-0.1, -0.05) is 66.7 Å². The molecule has 0 atom stereocenters. The third kappa shape index (κ3) is 3.72. The van der Waals surface area contributed by atoms with E-state index in [0.717, 1.165) is 54.9 Å². The molecule has 9 rings (SSSR count). The predicted octanol–water partition coefficient (Wildman–Crippen LogP) is 7.19. The number of rotatable bonds is 0. The highest BCUT2D eigenvalue weighted by molar-refractivity contribution is 6.24. The molecule has 4 aromatic carbocycles. The second kappa shape index (κ2) is 9.76. The number of nitrogens with one attached hydrogen (secondary N) is 3. The molecule has 0 saturated carbocycles. The van der Waals surface area contributed by atoms with Crippen LogP contribution in [0.3, 0.4) is 0 Å². The van der Waals surface area contributed by atoms with E-state index in [9.17, 15) is 9.90 Å². The number of anilines is 3. The summed E-state index contributed by atoms with van der Waals surface area (Å²) in [6.07, 6.45) is -1.19. The first-order chi connectivity index (χ1) is 23.2. The molecule has 0 saturated heterocycles. The molecule has 0 radical (unpaired) electrons. The number of aryl methyl sites for hydroxylation is 2. The summed E-state index contributed by atoms with van der Waals surface area (Å²) in [5.41, 5.74) is 13.8. The van der Waals surface area contributed by atoms with Gasteiger partial charge in [0.25, 0.3) is 0 Å². The molecule has 0 fully saturated rings. The van der Waals surface area contributed by atoms with Gasteiger partial charge in [0.1, 0.15) is 34.2 Å². The van der Waals surface area contributed by atoms with Crippen LogP contribution in [0.15, 0.2) is 86.7 Å². The Hall–Kier alpha value is -6.49. The van der Waals surface area contributed by atoms with E-state index < -0.39 is 6.09 Å². The number of aliphatic imine (C=N–C) groups is 2. The van der Waals surface area contributed by atoms with E-state index in [1.54, 1.807) is 0 Å². The van der Waals surface area contributed by atoms with Crippen molar-refractivity contribution in [1.29, 1.82) is 0 Å². The highest BCUT2D eigenvalue weighted by Crippen LogP contribution is 2.47. The van der Waals surface area contributed by atoms with Crippen molar-refractivity contribution < 1.29 is 9.90 Å². The molecule has 2 aliphatic rings. The zero-order valence-corrected chi connectivity index (χ0v) is 26.5. The monoisotopic (exact) mass is 631 g/mol. The maximum absolute atomic E-state index is 13.5. The van der Waals surface area contributed by atoms with Crippen LogP contribution in [0.1, 0.15) is 33.4 Å². The number of H-pyrrole nitrogens is 3. The maximum Gasteiger partial charge on any atom is 0.418 e. The number of carboxylic acid groups (broad SMARTS) is 1. The zero-order valence-electron chi connectivity index (χ0n) is 26.5. The lowest BCUT2D eigenvalue weighted by molar-refractivity contribution is 0.204. The summed E-state index contributed by atoms with van der Waals surface area (Å²) in [6, 6.07) is 21.5. The molecular formula is C37H29N9O2. The van der Waals surface area contributed by atoms with Crippen LogP contribution in [0.25, 0.3) is 32.3 Å². The standard InChI is InChI=1S/C37H29N9O2/c1-16-10-9-15-24-25(16)35-44-33(24)42-31-21-12-6-5-11-20(21)29(40-31)39-30-22-13-7-8-14-23(22)32(41-30)43-34-27-26(36(45-34)46(35)37(47)48)18(3)17(2)19(4)28(27)38/h5-15,44-45H,38H2,1-4H3,(H,47,48)(H,39,40,41,42,43). The smallest absolute Gasteiger partial charge is 0.418 e. The van der Waals surface area contributed by atoms with Gasteiger partial charge in [-0.05, 0) is 49.9 Å². The van der Waals surface area contributed by atoms with Crippen LogP contribution in [-0.2, 0) is 0 Å². The zero-order chi connectivity index (χ0) is 33.0. The Labute approximate surface area is 272 Å². The summed E-state index contributed by atoms with van der Waals surface area (Å²) in [6.45, 7) is 7.90. The molecule has 2 aliphatic heterocycles. The Kier molecular flexibility index (Phi) is 5.65. The summed E-state index contributed by atoms with van der Waals surface area (Å²) in [4.78, 5) is 45.0. The first kappa shape index (κ1) is 27.8. The van der Waals surface area contributed by atoms with Crippen LogP contribution >= 0.6 is 0 Å². The fourth-order valence-corrected chi connectivity index (χ4v) is 7.10. The molecule has 6 N–H and O–H groups in total. The minimum Gasteiger partial charge on any atom is -0.464 e. The SMILES string of the molecule is Cc1c(C)c(N)c2c3[nH]c(c2c1C)N(C(=O)O)c1[nH]c(c2cccc(C)c12)N=c1[nH]c(c2ccccc12)=NC1=NC(=N3)c2ccccc21. The summed E-state index contributed by atoms with van der Waals surface area (Å²) < 4.78 is 0. The Morgan fingerprint density at radius 2 is 1.23 bits per heavy atom. The van der Waals surface area contributed by atoms with Crippen molar-refractivity contribution >= 4 is 79.0 Å². The number of fused-ring (bicyclic) bond motifs is 19. The van der Waals surface area contributed by atoms with Crippen molar-refractivity contribution in [3.05, 3.63) is 111 Å². The Morgan fingerprint density at radius 3 is 1.94 bits per heavy atom. The van der Waals surface area contributed by atoms with E-state index in [4.69, 9.17) is 25.7 Å². The number of amides is 1. The molecule has 48 heavy (non-hydrogen) atoms. The minimum absolute atomic E-state index is 0.321. The van der Waals surface area contributed by atoms with Gasteiger partial charge in [-0.2, -0.15) is 0 Å². The normalized spacial score (nSPS) is 13.8. The number of nitrogens with two attached hydrogens (primary N) is 1. The van der Waals surface area contributed by atoms with Gasteiger partial charge in [-0.25, -0.2) is 29.7 Å². The Morgan fingerprint density at radius 1 is 0.625 bits per heavy atom. The summed E-state index contributed by atoms with van der Waals surface area (Å²) in [7, 11) is 0. The van der Waals surface area contributed by atoms with E-state index in [-0.39, 0.29) is 0 Å². The van der Waals surface area contributed by atoms with E-state index in [1.807, 2.05) is 94.4 Å². The molecule has 0 spiro atoms. The lowest BCUT2D eigenvalue weighted by Gasteiger charge is -2.19. The largest absolute Gasteiger partial charge is 0.464 e. The molecule has 234 valence electrons. The first-order valence-corrected chi connectivity index (χ1v) is 15.6. The lowest BCUT2D eigenvalue weighted by atomic mass is 9.96. The number of nitrogen functional groups attached to an aromatic ring is 1. The van der Waals surface area contributed by atoms with Crippen LogP contribution in [0.4, 0.5) is 33.8 Å². The third-order valence-corrected chi connectivity index (χ3v) is 9.73. The summed E-state index contributed by atoms with van der Waals surface area (Å²) in [5.74, 6) is 2.52. The van der Waals surface area contributed by atoms with Gasteiger partial charge in [0.15, 0.2) is 11.7 Å². The average Bonchev–Trinajstić information content (AvgIpc) is 3.82. The van der Waals surface area contributed by atoms with E-state index >= 15 is 0 Å². The van der Waals surface area contributed by atoms with Crippen LogP contribution in [0, 0.1) is 27.7 Å². The molecule has 11 heteroatoms. The number of hydrogen-bond donors (Lipinski definition) is 5. The quantitative estimate of drug-likeness (QED) is 0.112. The number of aromatic amines is 3. The number of hydrogen-bond acceptors (Lipinski definition) is 6. The number of nitrogens with zero attached hydrogens (tertiary/aromatic N) is 5. The predicted molar refractivity (Wildman–Crippen MR) is 190 cm³/mol. The lowest BCUT2D eigenvalue weighted by Crippen LogP contribution is -2.25. The molecule has 7 aromatic rings. The average molecular weight is 632 g/mol. The first-order valence-electron chi connectivity index (χ1n) is 15.6. The maximum atomic E-state index is 13.5. The highest BCUT2D eigenvalue weighted by atomic mass is 16.4. The fourth-order valence-electron chi connectivity index (χ4n) is 7.10. The van der Waals surface area contributed by atoms with E-state index in [1.165, 1.54) is 4.90 Å². The van der Waals surface area contributed by atoms with Crippen LogP contribution in [0.5, 0.6) is 0 Å². The van der Waals surface area contributed by atoms with Crippen molar-refractivity contribution in [2.45, 2.75) is 27.7 Å². The van der Waals surface area contributed by atoms with Crippen LogP contribution < -0.4 is 21.6 Å². The fraction of sp³-hybridized carbons (Fsp3) is 0.108. The van der Waals surface area contributed by atoms with Gasteiger partial charge in [0, 0.05) is 43.7 Å². The molecule has 11 nitrogen and oxygen atoms in total. The second-order valence-corrected chi connectivity index (χ2v) is 12.3. The minimum atomic E-state index is -1.19. The topological polar surface area (TPSA) is 163 Å². The van der Waals surface area contributed by atoms with Crippen molar-refractivity contribution in [2.24, 2.45) is 20.0 Å². The molecule has 8 bridgehead atoms. The van der Waals surface area contributed by atoms with Gasteiger partial charge in [0.05, 0.1) is 5.39 Å². The van der Waals surface area contributed by atoms with Gasteiger partial charge < -0.3 is 25.8 Å². The molecule has 5 heterocycles. The van der Waals surface area contributed by atoms with Crippen LogP contribution in [-0.4, -0.2) is 37.8 Å². The number of amidine groups is 2. The van der Waals surface area contributed by atoms with Gasteiger partial charge in [-0.3, -0.25) is 0 Å². The molecule has 1 amide bonds. The summed E-state index contributed by atoms with van der Waals surface area (Å²) in [5, 5.41) is 15.5. The van der Waals surface area contributed by atoms with Crippen molar-refractivity contribution in [3.8, 4) is 0 Å². The second-order valence-electron chi connectivity index (χ2n) is 12.3. The number of aromatic nitrogens is 3. The van der Waals surface area contributed by atoms with Crippen molar-refractivity contribution in [1.82, 2.24) is 15.0 Å². The molecular weight excluding hydrogens is 602 g/mol. The van der Waals surface area contributed by atoms with E-state index in [2.05, 4.69) is 15.0 Å². The molecule has 0 unspecified atom stereocenters. The molecule has 0 aliphatic carbocycles. The van der Waals surface area contributed by atoms with Gasteiger partial charge in [-0.15, -0.1) is 0 Å².